The summed E-state index contributed by atoms with van der Waals surface area (Å²) in [5, 5.41) is 4.10. The summed E-state index contributed by atoms with van der Waals surface area (Å²) < 4.78 is 0. The maximum Gasteiger partial charge on any atom is 0.222 e. The molecule has 19 heavy (non-hydrogen) atoms. The van der Waals surface area contributed by atoms with Gasteiger partial charge in [-0.25, -0.2) is 9.97 Å². The number of anilines is 1. The Hall–Kier alpha value is -2.49. The van der Waals surface area contributed by atoms with E-state index >= 15 is 0 Å². The summed E-state index contributed by atoms with van der Waals surface area (Å²) in [4.78, 5) is 13.2. The first-order valence-corrected chi connectivity index (χ1v) is 6.19. The molecule has 4 heteroatoms. The summed E-state index contributed by atoms with van der Waals surface area (Å²) in [6.45, 7) is 0. The fourth-order valence-corrected chi connectivity index (χ4v) is 2.01. The van der Waals surface area contributed by atoms with Crippen LogP contribution >= 0.6 is 0 Å². The molecule has 0 unspecified atom stereocenters. The molecule has 94 valence electrons. The average molecular weight is 250 g/mol. The van der Waals surface area contributed by atoms with E-state index in [0.717, 1.165) is 22.3 Å². The van der Waals surface area contributed by atoms with Crippen molar-refractivity contribution >= 4 is 16.9 Å². The maximum absolute atomic E-state index is 4.65. The van der Waals surface area contributed by atoms with Gasteiger partial charge in [-0.1, -0.05) is 24.3 Å². The second-order valence-electron chi connectivity index (χ2n) is 4.29. The van der Waals surface area contributed by atoms with Crippen LogP contribution in [0.3, 0.4) is 0 Å². The monoisotopic (exact) mass is 250 g/mol. The van der Waals surface area contributed by atoms with Crippen LogP contribution in [0.15, 0.2) is 48.7 Å². The lowest BCUT2D eigenvalue weighted by molar-refractivity contribution is 0.997. The predicted octanol–water partition coefficient (Wildman–Crippen LogP) is 2.66. The zero-order valence-corrected chi connectivity index (χ0v) is 10.7. The molecule has 0 aliphatic rings. The largest absolute Gasteiger partial charge is 0.357 e. The third kappa shape index (κ3) is 2.52. The van der Waals surface area contributed by atoms with Crippen LogP contribution in [0.5, 0.6) is 0 Å². The van der Waals surface area contributed by atoms with Crippen molar-refractivity contribution in [2.24, 2.45) is 0 Å². The minimum absolute atomic E-state index is 0.637. The fourth-order valence-electron chi connectivity index (χ4n) is 2.01. The molecule has 3 aromatic rings. The maximum atomic E-state index is 4.65. The molecular weight excluding hydrogens is 236 g/mol. The number of aromatic nitrogens is 3. The molecule has 0 radical (unpaired) electrons. The molecule has 0 saturated heterocycles. The number of hydrogen-bond donors (Lipinski definition) is 1. The molecule has 0 amide bonds. The van der Waals surface area contributed by atoms with Gasteiger partial charge in [0.15, 0.2) is 0 Å². The summed E-state index contributed by atoms with van der Waals surface area (Å²) in [5.74, 6) is 0.637. The molecule has 4 nitrogen and oxygen atoms in total. The number of fused-ring (bicyclic) bond motifs is 1. The SMILES string of the molecule is CNc1nccc(Cc2ccc3ccccc3n2)n1. The van der Waals surface area contributed by atoms with Gasteiger partial charge in [-0.15, -0.1) is 0 Å². The molecule has 0 saturated carbocycles. The lowest BCUT2D eigenvalue weighted by atomic mass is 10.1. The summed E-state index contributed by atoms with van der Waals surface area (Å²) in [6.07, 6.45) is 2.47. The first kappa shape index (κ1) is 11.6. The van der Waals surface area contributed by atoms with E-state index in [-0.39, 0.29) is 0 Å². The lowest BCUT2D eigenvalue weighted by Crippen LogP contribution is -2.00. The van der Waals surface area contributed by atoms with Gasteiger partial charge in [0.25, 0.3) is 0 Å². The summed E-state index contributed by atoms with van der Waals surface area (Å²) >= 11 is 0. The van der Waals surface area contributed by atoms with Crippen LogP contribution in [0.2, 0.25) is 0 Å². The standard InChI is InChI=1S/C15H14N4/c1-16-15-17-9-8-13(19-15)10-12-7-6-11-4-2-3-5-14(11)18-12/h2-9H,10H2,1H3,(H,16,17,19). The van der Waals surface area contributed by atoms with Gasteiger partial charge in [-0.3, -0.25) is 4.98 Å². The van der Waals surface area contributed by atoms with E-state index in [0.29, 0.717) is 12.4 Å². The minimum atomic E-state index is 0.637. The highest BCUT2D eigenvalue weighted by molar-refractivity contribution is 5.78. The first-order valence-electron chi connectivity index (χ1n) is 6.19. The topological polar surface area (TPSA) is 50.7 Å². The molecule has 1 aromatic carbocycles. The third-order valence-corrected chi connectivity index (χ3v) is 2.96. The van der Waals surface area contributed by atoms with Crippen LogP contribution in [0.25, 0.3) is 10.9 Å². The van der Waals surface area contributed by atoms with Crippen molar-refractivity contribution in [1.82, 2.24) is 15.0 Å². The Kier molecular flexibility index (Phi) is 3.06. The van der Waals surface area contributed by atoms with Crippen LogP contribution in [0.1, 0.15) is 11.4 Å². The minimum Gasteiger partial charge on any atom is -0.357 e. The van der Waals surface area contributed by atoms with Crippen molar-refractivity contribution in [3.05, 3.63) is 60.0 Å². The number of hydrogen-bond acceptors (Lipinski definition) is 4. The van der Waals surface area contributed by atoms with Crippen LogP contribution in [-0.4, -0.2) is 22.0 Å². The predicted molar refractivity (Wildman–Crippen MR) is 76.1 cm³/mol. The molecule has 0 aliphatic carbocycles. The van der Waals surface area contributed by atoms with Gasteiger partial charge in [0, 0.05) is 30.7 Å². The van der Waals surface area contributed by atoms with Gasteiger partial charge in [-0.05, 0) is 18.2 Å². The van der Waals surface area contributed by atoms with Crippen molar-refractivity contribution < 1.29 is 0 Å². The molecule has 0 bridgehead atoms. The van der Waals surface area contributed by atoms with E-state index in [1.165, 1.54) is 0 Å². The van der Waals surface area contributed by atoms with Gasteiger partial charge in [0.1, 0.15) is 0 Å². The van der Waals surface area contributed by atoms with Crippen molar-refractivity contribution in [3.8, 4) is 0 Å². The van der Waals surface area contributed by atoms with Gasteiger partial charge in [-0.2, -0.15) is 0 Å². The lowest BCUT2D eigenvalue weighted by Gasteiger charge is -2.04. The Morgan fingerprint density at radius 3 is 2.68 bits per heavy atom. The summed E-state index contributed by atoms with van der Waals surface area (Å²) in [6, 6.07) is 14.2. The molecule has 0 spiro atoms. The molecule has 1 N–H and O–H groups in total. The van der Waals surface area contributed by atoms with E-state index in [1.807, 2.05) is 37.4 Å². The van der Waals surface area contributed by atoms with E-state index in [1.54, 1.807) is 6.20 Å². The van der Waals surface area contributed by atoms with E-state index in [4.69, 9.17) is 0 Å². The Labute approximate surface area is 111 Å². The second kappa shape index (κ2) is 5.02. The highest BCUT2D eigenvalue weighted by Gasteiger charge is 2.02. The average Bonchev–Trinajstić information content (AvgIpc) is 2.47. The highest BCUT2D eigenvalue weighted by atomic mass is 15.1. The number of pyridine rings is 1. The zero-order valence-electron chi connectivity index (χ0n) is 10.7. The smallest absolute Gasteiger partial charge is 0.222 e. The van der Waals surface area contributed by atoms with Crippen molar-refractivity contribution in [2.45, 2.75) is 6.42 Å². The van der Waals surface area contributed by atoms with E-state index in [2.05, 4.69) is 32.4 Å². The molecule has 2 heterocycles. The molecule has 0 fully saturated rings. The van der Waals surface area contributed by atoms with Gasteiger partial charge < -0.3 is 5.32 Å². The highest BCUT2D eigenvalue weighted by Crippen LogP contribution is 2.14. The molecule has 2 aromatic heterocycles. The van der Waals surface area contributed by atoms with E-state index < -0.39 is 0 Å². The van der Waals surface area contributed by atoms with Gasteiger partial charge in [0.2, 0.25) is 5.95 Å². The van der Waals surface area contributed by atoms with Crippen molar-refractivity contribution in [3.63, 3.8) is 0 Å². The summed E-state index contributed by atoms with van der Waals surface area (Å²) in [7, 11) is 1.81. The Bertz CT molecular complexity index is 709. The van der Waals surface area contributed by atoms with Crippen molar-refractivity contribution in [2.75, 3.05) is 12.4 Å². The normalized spacial score (nSPS) is 10.6. The van der Waals surface area contributed by atoms with Gasteiger partial charge in [0.05, 0.1) is 11.2 Å². The number of rotatable bonds is 3. The second-order valence-corrected chi connectivity index (χ2v) is 4.29. The van der Waals surface area contributed by atoms with Crippen LogP contribution < -0.4 is 5.32 Å². The molecule has 0 aliphatic heterocycles. The Morgan fingerprint density at radius 2 is 1.79 bits per heavy atom. The van der Waals surface area contributed by atoms with Crippen LogP contribution in [0, 0.1) is 0 Å². The van der Waals surface area contributed by atoms with Crippen LogP contribution in [-0.2, 0) is 6.42 Å². The fraction of sp³-hybridized carbons (Fsp3) is 0.133. The van der Waals surface area contributed by atoms with Crippen LogP contribution in [0.4, 0.5) is 5.95 Å². The third-order valence-electron chi connectivity index (χ3n) is 2.96. The molecular formula is C15H14N4. The number of benzene rings is 1. The van der Waals surface area contributed by atoms with Gasteiger partial charge >= 0.3 is 0 Å². The van der Waals surface area contributed by atoms with E-state index in [9.17, 15) is 0 Å². The Morgan fingerprint density at radius 1 is 0.947 bits per heavy atom. The number of para-hydroxylation sites is 1. The quantitative estimate of drug-likeness (QED) is 0.776. The number of nitrogens with one attached hydrogen (secondary N) is 1. The number of nitrogens with zero attached hydrogens (tertiary/aromatic N) is 3. The van der Waals surface area contributed by atoms with Crippen molar-refractivity contribution in [1.29, 1.82) is 0 Å². The molecule has 3 rings (SSSR count). The Balaban J connectivity index is 1.92. The molecule has 0 atom stereocenters. The zero-order chi connectivity index (χ0) is 13.1. The first-order chi connectivity index (χ1) is 9.35. The summed E-state index contributed by atoms with van der Waals surface area (Å²) in [5.41, 5.74) is 2.99.